The Bertz CT molecular complexity index is 986. The number of hydrogen-bond acceptors (Lipinski definition) is 4. The Kier molecular flexibility index (Phi) is 5.12. The van der Waals surface area contributed by atoms with E-state index in [1.807, 2.05) is 32.0 Å². The highest BCUT2D eigenvalue weighted by Gasteiger charge is 2.38. The van der Waals surface area contributed by atoms with Gasteiger partial charge in [-0.2, -0.15) is 0 Å². The molecule has 3 rings (SSSR count). The minimum Gasteiger partial charge on any atom is -0.330 e. The van der Waals surface area contributed by atoms with Crippen LogP contribution < -0.4 is 16.0 Å². The van der Waals surface area contributed by atoms with Crippen LogP contribution >= 0.6 is 0 Å². The first-order chi connectivity index (χ1) is 13.3. The number of amides is 3. The summed E-state index contributed by atoms with van der Waals surface area (Å²) in [5, 5.41) is 19.0. The van der Waals surface area contributed by atoms with Crippen LogP contribution in [0.15, 0.2) is 54.7 Å². The minimum atomic E-state index is -0.793. The Morgan fingerprint density at radius 3 is 2.64 bits per heavy atom. The number of nitrogens with zero attached hydrogens (tertiary/aromatic N) is 1. The van der Waals surface area contributed by atoms with Gasteiger partial charge in [0.05, 0.1) is 11.0 Å². The molecule has 1 aliphatic rings. The molecule has 8 nitrogen and oxygen atoms in total. The molecular formula is C20H20N4O4. The van der Waals surface area contributed by atoms with E-state index in [1.54, 1.807) is 6.07 Å². The number of nitrogens with one attached hydrogen (secondary N) is 3. The molecule has 144 valence electrons. The van der Waals surface area contributed by atoms with Gasteiger partial charge in [-0.25, -0.2) is 4.79 Å². The fourth-order valence-electron chi connectivity index (χ4n) is 3.34. The number of nitro groups is 1. The molecule has 0 aromatic heterocycles. The van der Waals surface area contributed by atoms with Crippen LogP contribution in [-0.2, 0) is 4.79 Å². The Labute approximate surface area is 161 Å². The zero-order valence-electron chi connectivity index (χ0n) is 15.5. The lowest BCUT2D eigenvalue weighted by atomic mass is 9.85. The summed E-state index contributed by atoms with van der Waals surface area (Å²) in [6.45, 7) is 7.71. The van der Waals surface area contributed by atoms with Crippen molar-refractivity contribution in [3.63, 3.8) is 0 Å². The Balaban J connectivity index is 1.92. The van der Waals surface area contributed by atoms with Gasteiger partial charge in [-0.15, -0.1) is 0 Å². The molecule has 0 unspecified atom stereocenters. The van der Waals surface area contributed by atoms with E-state index in [1.165, 1.54) is 18.2 Å². The van der Waals surface area contributed by atoms with Crippen molar-refractivity contribution in [3.8, 4) is 0 Å². The Morgan fingerprint density at radius 2 is 1.96 bits per heavy atom. The molecule has 3 N–H and O–H groups in total. The first-order valence-electron chi connectivity index (χ1n) is 8.65. The third-order valence-corrected chi connectivity index (χ3v) is 4.64. The van der Waals surface area contributed by atoms with Gasteiger partial charge in [0.1, 0.15) is 5.92 Å². The van der Waals surface area contributed by atoms with Gasteiger partial charge in [0.25, 0.3) is 5.69 Å². The maximum atomic E-state index is 13.0. The molecular weight excluding hydrogens is 360 g/mol. The van der Waals surface area contributed by atoms with Crippen LogP contribution in [0.3, 0.4) is 0 Å². The number of carbonyl (C=O) groups excluding carboxylic acids is 2. The molecule has 0 bridgehead atoms. The van der Waals surface area contributed by atoms with Gasteiger partial charge in [0.15, 0.2) is 0 Å². The van der Waals surface area contributed by atoms with E-state index in [9.17, 15) is 19.7 Å². The Morgan fingerprint density at radius 1 is 1.21 bits per heavy atom. The third kappa shape index (κ3) is 3.85. The third-order valence-electron chi connectivity index (χ3n) is 4.64. The van der Waals surface area contributed by atoms with E-state index in [0.29, 0.717) is 5.69 Å². The van der Waals surface area contributed by atoms with Crippen molar-refractivity contribution < 1.29 is 14.5 Å². The normalized spacial score (nSPS) is 18.8. The molecule has 8 heteroatoms. The highest BCUT2D eigenvalue weighted by molar-refractivity contribution is 5.97. The van der Waals surface area contributed by atoms with E-state index in [-0.39, 0.29) is 11.4 Å². The molecule has 0 spiro atoms. The number of benzene rings is 2. The first kappa shape index (κ1) is 19.1. The molecule has 1 aliphatic heterocycles. The molecule has 0 saturated carbocycles. The number of hydrogen-bond donors (Lipinski definition) is 3. The van der Waals surface area contributed by atoms with Crippen molar-refractivity contribution in [2.24, 2.45) is 5.92 Å². The zero-order valence-corrected chi connectivity index (χ0v) is 15.5. The summed E-state index contributed by atoms with van der Waals surface area (Å²) in [4.78, 5) is 35.4. The maximum Gasteiger partial charge on any atom is 0.319 e. The average Bonchev–Trinajstić information content (AvgIpc) is 2.61. The summed E-state index contributed by atoms with van der Waals surface area (Å²) in [6, 6.07) is 10.4. The molecule has 1 heterocycles. The molecule has 28 heavy (non-hydrogen) atoms. The van der Waals surface area contributed by atoms with Gasteiger partial charge in [0, 0.05) is 23.5 Å². The number of carbonyl (C=O) groups is 2. The van der Waals surface area contributed by atoms with Crippen LogP contribution in [0.1, 0.15) is 22.7 Å². The number of aryl methyl sites for hydroxylation is 2. The summed E-state index contributed by atoms with van der Waals surface area (Å²) >= 11 is 0. The molecule has 2 aromatic rings. The maximum absolute atomic E-state index is 13.0. The lowest BCUT2D eigenvalue weighted by Gasteiger charge is -2.34. The number of non-ortho nitro benzene ring substituents is 1. The smallest absolute Gasteiger partial charge is 0.319 e. The molecule has 1 saturated heterocycles. The topological polar surface area (TPSA) is 113 Å². The van der Waals surface area contributed by atoms with Crippen molar-refractivity contribution in [3.05, 3.63) is 81.5 Å². The highest BCUT2D eigenvalue weighted by Crippen LogP contribution is 2.32. The van der Waals surface area contributed by atoms with Crippen LogP contribution in [-0.4, -0.2) is 16.9 Å². The van der Waals surface area contributed by atoms with Gasteiger partial charge < -0.3 is 16.0 Å². The number of rotatable bonds is 4. The molecule has 1 fully saturated rings. The lowest BCUT2D eigenvalue weighted by Crippen LogP contribution is -2.52. The standard InChI is InChI=1S/C20H20N4O4/c1-11-7-8-16(12(2)9-11)18-17(13(3)21-20(26)23-18)19(25)22-14-5-4-6-15(10-14)24(27)28/h4-10,17-18H,3H2,1-2H3,(H,22,25)(H2,21,23,26)/t17-,18-/m1/s1. The average molecular weight is 380 g/mol. The fourth-order valence-corrected chi connectivity index (χ4v) is 3.34. The van der Waals surface area contributed by atoms with Crippen molar-refractivity contribution in [2.45, 2.75) is 19.9 Å². The SMILES string of the molecule is C=C1NC(=O)N[C@H](c2ccc(C)cc2C)[C@@H]1C(=O)Nc1cccc([N+](=O)[O-])c1. The van der Waals surface area contributed by atoms with E-state index < -0.39 is 28.8 Å². The van der Waals surface area contributed by atoms with Gasteiger partial charge in [0.2, 0.25) is 5.91 Å². The molecule has 3 amide bonds. The molecule has 0 radical (unpaired) electrons. The van der Waals surface area contributed by atoms with E-state index in [2.05, 4.69) is 22.5 Å². The molecule has 0 aliphatic carbocycles. The van der Waals surface area contributed by atoms with E-state index in [4.69, 9.17) is 0 Å². The quantitative estimate of drug-likeness (QED) is 0.557. The summed E-state index contributed by atoms with van der Waals surface area (Å²) in [7, 11) is 0. The van der Waals surface area contributed by atoms with Gasteiger partial charge in [-0.3, -0.25) is 14.9 Å². The first-order valence-corrected chi connectivity index (χ1v) is 8.65. The Hall–Kier alpha value is -3.68. The lowest BCUT2D eigenvalue weighted by molar-refractivity contribution is -0.384. The fraction of sp³-hybridized carbons (Fsp3) is 0.200. The second kappa shape index (κ2) is 7.51. The van der Waals surface area contributed by atoms with Crippen LogP contribution in [0.2, 0.25) is 0 Å². The minimum absolute atomic E-state index is 0.127. The summed E-state index contributed by atoms with van der Waals surface area (Å²) in [5.74, 6) is -1.22. The van der Waals surface area contributed by atoms with Crippen molar-refractivity contribution >= 4 is 23.3 Å². The number of nitro benzene ring substituents is 1. The second-order valence-corrected chi connectivity index (χ2v) is 6.74. The van der Waals surface area contributed by atoms with Crippen molar-refractivity contribution in [1.29, 1.82) is 0 Å². The zero-order chi connectivity index (χ0) is 20.4. The molecule has 2 atom stereocenters. The van der Waals surface area contributed by atoms with Crippen LogP contribution in [0.5, 0.6) is 0 Å². The van der Waals surface area contributed by atoms with Crippen LogP contribution in [0, 0.1) is 29.9 Å². The van der Waals surface area contributed by atoms with Gasteiger partial charge in [-0.05, 0) is 31.0 Å². The van der Waals surface area contributed by atoms with Crippen molar-refractivity contribution in [1.82, 2.24) is 10.6 Å². The van der Waals surface area contributed by atoms with Crippen molar-refractivity contribution in [2.75, 3.05) is 5.32 Å². The summed E-state index contributed by atoms with van der Waals surface area (Å²) in [6.07, 6.45) is 0. The van der Waals surface area contributed by atoms with Crippen LogP contribution in [0.4, 0.5) is 16.2 Å². The van der Waals surface area contributed by atoms with E-state index >= 15 is 0 Å². The summed E-state index contributed by atoms with van der Waals surface area (Å²) < 4.78 is 0. The predicted octanol–water partition coefficient (Wildman–Crippen LogP) is 3.33. The summed E-state index contributed by atoms with van der Waals surface area (Å²) in [5.41, 5.74) is 3.24. The number of urea groups is 1. The molecule has 2 aromatic carbocycles. The largest absolute Gasteiger partial charge is 0.330 e. The second-order valence-electron chi connectivity index (χ2n) is 6.74. The van der Waals surface area contributed by atoms with Crippen LogP contribution in [0.25, 0.3) is 0 Å². The van der Waals surface area contributed by atoms with Gasteiger partial charge in [-0.1, -0.05) is 36.4 Å². The number of anilines is 1. The highest BCUT2D eigenvalue weighted by atomic mass is 16.6. The monoisotopic (exact) mass is 380 g/mol. The van der Waals surface area contributed by atoms with E-state index in [0.717, 1.165) is 16.7 Å². The predicted molar refractivity (Wildman–Crippen MR) is 105 cm³/mol. The van der Waals surface area contributed by atoms with Gasteiger partial charge >= 0.3 is 6.03 Å².